The van der Waals surface area contributed by atoms with Gasteiger partial charge in [-0.2, -0.15) is 4.31 Å². The number of ether oxygens (including phenoxy) is 1. The van der Waals surface area contributed by atoms with E-state index >= 15 is 0 Å². The molecule has 0 saturated carbocycles. The van der Waals surface area contributed by atoms with Crippen molar-refractivity contribution in [1.29, 1.82) is 0 Å². The predicted molar refractivity (Wildman–Crippen MR) is 85.5 cm³/mol. The zero-order valence-electron chi connectivity index (χ0n) is 12.3. The number of nitrogens with one attached hydrogen (secondary N) is 1. The van der Waals surface area contributed by atoms with Crippen molar-refractivity contribution in [2.75, 3.05) is 33.9 Å². The molecule has 1 N–H and O–H groups in total. The maximum atomic E-state index is 12.5. The van der Waals surface area contributed by atoms with Gasteiger partial charge in [0.2, 0.25) is 10.0 Å². The molecule has 21 heavy (non-hydrogen) atoms. The van der Waals surface area contributed by atoms with Crippen LogP contribution in [-0.4, -0.2) is 46.6 Å². The molecular formula is C13H20Cl2N2O3S. The lowest BCUT2D eigenvalue weighted by atomic mass is 10.2. The number of hydrogen-bond acceptors (Lipinski definition) is 4. The summed E-state index contributed by atoms with van der Waals surface area (Å²) >= 11 is 12.2. The van der Waals surface area contributed by atoms with Crippen LogP contribution in [0.1, 0.15) is 12.5 Å². The van der Waals surface area contributed by atoms with Crippen LogP contribution in [0.5, 0.6) is 0 Å². The molecular weight excluding hydrogens is 335 g/mol. The molecule has 0 unspecified atom stereocenters. The largest absolute Gasteiger partial charge is 0.383 e. The molecule has 0 aliphatic rings. The zero-order chi connectivity index (χ0) is 16.0. The number of rotatable bonds is 8. The first-order valence-electron chi connectivity index (χ1n) is 6.48. The highest BCUT2D eigenvalue weighted by Gasteiger charge is 2.24. The van der Waals surface area contributed by atoms with Gasteiger partial charge in [0, 0.05) is 32.3 Å². The average Bonchev–Trinajstić information content (AvgIpc) is 2.43. The predicted octanol–water partition coefficient (Wildman–Crippen LogP) is 2.37. The lowest BCUT2D eigenvalue weighted by molar-refractivity contribution is 0.185. The Balaban J connectivity index is 3.16. The van der Waals surface area contributed by atoms with Gasteiger partial charge in [0.05, 0.1) is 11.6 Å². The molecule has 0 radical (unpaired) electrons. The van der Waals surface area contributed by atoms with Crippen molar-refractivity contribution in [3.8, 4) is 0 Å². The summed E-state index contributed by atoms with van der Waals surface area (Å²) in [4.78, 5) is 0.0556. The van der Waals surface area contributed by atoms with Crippen molar-refractivity contribution >= 4 is 33.2 Å². The summed E-state index contributed by atoms with van der Waals surface area (Å²) in [6.07, 6.45) is 0. The summed E-state index contributed by atoms with van der Waals surface area (Å²) in [5, 5.41) is 3.67. The van der Waals surface area contributed by atoms with Gasteiger partial charge in [-0.25, -0.2) is 8.42 Å². The van der Waals surface area contributed by atoms with Crippen molar-refractivity contribution in [2.45, 2.75) is 18.4 Å². The molecule has 0 heterocycles. The Morgan fingerprint density at radius 1 is 1.29 bits per heavy atom. The first kappa shape index (κ1) is 18.7. The van der Waals surface area contributed by atoms with Crippen molar-refractivity contribution in [2.24, 2.45) is 0 Å². The number of methoxy groups -OCH3 is 1. The molecule has 1 rings (SSSR count). The van der Waals surface area contributed by atoms with Gasteiger partial charge in [-0.1, -0.05) is 30.1 Å². The number of likely N-dealkylation sites (N-methyl/N-ethyl adjacent to an activating group) is 1. The number of nitrogens with zero attached hydrogens (tertiary/aromatic N) is 1. The first-order chi connectivity index (χ1) is 9.84. The molecule has 1 aromatic carbocycles. The van der Waals surface area contributed by atoms with E-state index in [1.165, 1.54) is 30.6 Å². The van der Waals surface area contributed by atoms with Crippen LogP contribution in [0.15, 0.2) is 17.0 Å². The SMILES string of the molecule is CCNCc1cc(S(=O)(=O)N(C)CCOC)c(Cl)cc1Cl. The highest BCUT2D eigenvalue weighted by Crippen LogP contribution is 2.30. The fourth-order valence-corrected chi connectivity index (χ4v) is 3.66. The van der Waals surface area contributed by atoms with Crippen LogP contribution in [-0.2, 0) is 21.3 Å². The quantitative estimate of drug-likeness (QED) is 0.778. The van der Waals surface area contributed by atoms with E-state index in [1.54, 1.807) is 0 Å². The second kappa shape index (κ2) is 8.31. The standard InChI is InChI=1S/C13H20Cl2N2O3S/c1-4-16-9-10-7-13(12(15)8-11(10)14)21(18,19)17(2)5-6-20-3/h7-8,16H,4-6,9H2,1-3H3. The second-order valence-electron chi connectivity index (χ2n) is 4.47. The summed E-state index contributed by atoms with van der Waals surface area (Å²) in [6.45, 7) is 3.76. The molecule has 0 saturated heterocycles. The van der Waals surface area contributed by atoms with Crippen LogP contribution in [0, 0.1) is 0 Å². The van der Waals surface area contributed by atoms with E-state index in [2.05, 4.69) is 5.32 Å². The third-order valence-corrected chi connectivity index (χ3v) is 5.64. The van der Waals surface area contributed by atoms with E-state index in [0.29, 0.717) is 23.7 Å². The zero-order valence-corrected chi connectivity index (χ0v) is 14.6. The Morgan fingerprint density at radius 2 is 1.95 bits per heavy atom. The van der Waals surface area contributed by atoms with E-state index in [1.807, 2.05) is 6.92 Å². The third kappa shape index (κ3) is 4.81. The highest BCUT2D eigenvalue weighted by atomic mass is 35.5. The molecule has 8 heteroatoms. The number of hydrogen-bond donors (Lipinski definition) is 1. The first-order valence-corrected chi connectivity index (χ1v) is 8.68. The Labute approximate surface area is 136 Å². The topological polar surface area (TPSA) is 58.6 Å². The fraction of sp³-hybridized carbons (Fsp3) is 0.538. The van der Waals surface area contributed by atoms with Crippen LogP contribution in [0.4, 0.5) is 0 Å². The molecule has 120 valence electrons. The monoisotopic (exact) mass is 354 g/mol. The summed E-state index contributed by atoms with van der Waals surface area (Å²) in [6, 6.07) is 2.98. The van der Waals surface area contributed by atoms with Crippen molar-refractivity contribution in [3.63, 3.8) is 0 Å². The maximum Gasteiger partial charge on any atom is 0.244 e. The van der Waals surface area contributed by atoms with Gasteiger partial charge >= 0.3 is 0 Å². The Hall–Kier alpha value is -0.370. The Kier molecular flexibility index (Phi) is 7.39. The van der Waals surface area contributed by atoms with Crippen LogP contribution in [0.2, 0.25) is 10.0 Å². The molecule has 1 aromatic rings. The molecule has 0 bridgehead atoms. The van der Waals surface area contributed by atoms with Crippen LogP contribution in [0.25, 0.3) is 0 Å². The van der Waals surface area contributed by atoms with Crippen molar-refractivity contribution < 1.29 is 13.2 Å². The molecule has 0 fully saturated rings. The minimum atomic E-state index is -3.67. The molecule has 0 aliphatic heterocycles. The molecule has 0 spiro atoms. The third-order valence-electron chi connectivity index (χ3n) is 2.96. The van der Waals surface area contributed by atoms with E-state index in [4.69, 9.17) is 27.9 Å². The van der Waals surface area contributed by atoms with Crippen LogP contribution >= 0.6 is 23.2 Å². The van der Waals surface area contributed by atoms with Gasteiger partial charge in [-0.15, -0.1) is 0 Å². The number of sulfonamides is 1. The average molecular weight is 355 g/mol. The smallest absolute Gasteiger partial charge is 0.244 e. The Morgan fingerprint density at radius 3 is 2.52 bits per heavy atom. The van der Waals surface area contributed by atoms with E-state index < -0.39 is 10.0 Å². The van der Waals surface area contributed by atoms with Gasteiger partial charge in [0.25, 0.3) is 0 Å². The Bertz CT molecular complexity index is 579. The lowest BCUT2D eigenvalue weighted by Crippen LogP contribution is -2.30. The summed E-state index contributed by atoms with van der Waals surface area (Å²) in [5.74, 6) is 0. The molecule has 0 amide bonds. The van der Waals surface area contributed by atoms with Gasteiger partial charge in [-0.05, 0) is 24.2 Å². The minimum absolute atomic E-state index is 0.0556. The van der Waals surface area contributed by atoms with Gasteiger partial charge in [0.15, 0.2) is 0 Å². The van der Waals surface area contributed by atoms with Gasteiger partial charge < -0.3 is 10.1 Å². The normalized spacial score (nSPS) is 12.1. The van der Waals surface area contributed by atoms with Crippen LogP contribution in [0.3, 0.4) is 0 Å². The molecule has 5 nitrogen and oxygen atoms in total. The molecule has 0 atom stereocenters. The second-order valence-corrected chi connectivity index (χ2v) is 7.30. The number of halogens is 2. The number of benzene rings is 1. The summed E-state index contributed by atoms with van der Waals surface area (Å²) < 4.78 is 31.1. The van der Waals surface area contributed by atoms with Crippen molar-refractivity contribution in [3.05, 3.63) is 27.7 Å². The van der Waals surface area contributed by atoms with E-state index in [-0.39, 0.29) is 16.5 Å². The fourth-order valence-electron chi connectivity index (χ4n) is 1.67. The van der Waals surface area contributed by atoms with Gasteiger partial charge in [0.1, 0.15) is 4.90 Å². The van der Waals surface area contributed by atoms with E-state index in [0.717, 1.165) is 6.54 Å². The molecule has 0 aromatic heterocycles. The summed E-state index contributed by atoms with van der Waals surface area (Å²) in [5.41, 5.74) is 0.696. The maximum absolute atomic E-state index is 12.5. The highest BCUT2D eigenvalue weighted by molar-refractivity contribution is 7.89. The molecule has 0 aliphatic carbocycles. The lowest BCUT2D eigenvalue weighted by Gasteiger charge is -2.18. The van der Waals surface area contributed by atoms with E-state index in [9.17, 15) is 8.42 Å². The minimum Gasteiger partial charge on any atom is -0.383 e. The summed E-state index contributed by atoms with van der Waals surface area (Å²) in [7, 11) is -0.664. The van der Waals surface area contributed by atoms with Crippen LogP contribution < -0.4 is 5.32 Å². The van der Waals surface area contributed by atoms with Crippen molar-refractivity contribution in [1.82, 2.24) is 9.62 Å². The van der Waals surface area contributed by atoms with Gasteiger partial charge in [-0.3, -0.25) is 0 Å².